The van der Waals surface area contributed by atoms with Crippen LogP contribution in [0.25, 0.3) is 0 Å². The van der Waals surface area contributed by atoms with Crippen molar-refractivity contribution < 1.29 is 14.3 Å². The van der Waals surface area contributed by atoms with Gasteiger partial charge in [-0.2, -0.15) is 0 Å². The first-order valence-electron chi connectivity index (χ1n) is 15.1. The Morgan fingerprint density at radius 3 is 2.24 bits per heavy atom. The van der Waals surface area contributed by atoms with E-state index < -0.39 is 0 Å². The van der Waals surface area contributed by atoms with Crippen LogP contribution < -0.4 is 0 Å². The molecule has 0 aliphatic heterocycles. The van der Waals surface area contributed by atoms with Gasteiger partial charge in [-0.1, -0.05) is 72.1 Å². The number of hydrogen-bond donors (Lipinski definition) is 0. The van der Waals surface area contributed by atoms with Crippen molar-refractivity contribution in [3.05, 3.63) is 0 Å². The number of ether oxygens (including phenoxy) is 1. The van der Waals surface area contributed by atoms with E-state index in [0.717, 1.165) is 43.9 Å². The van der Waals surface area contributed by atoms with Gasteiger partial charge in [0.1, 0.15) is 11.9 Å². The predicted octanol–water partition coefficient (Wildman–Crippen LogP) is 8.43. The van der Waals surface area contributed by atoms with E-state index in [1.807, 2.05) is 0 Å². The van der Waals surface area contributed by atoms with Gasteiger partial charge >= 0.3 is 5.97 Å². The van der Waals surface area contributed by atoms with Crippen molar-refractivity contribution in [3.63, 3.8) is 0 Å². The minimum absolute atomic E-state index is 0.0541. The number of ketones is 1. The Hall–Kier alpha value is -0.860. The largest absolute Gasteiger partial charge is 0.462 e. The van der Waals surface area contributed by atoms with E-state index in [9.17, 15) is 9.59 Å². The molecular formula is C31H52O3. The maximum atomic E-state index is 12.7. The topological polar surface area (TPSA) is 43.4 Å². The number of fused-ring (bicyclic) bond motifs is 5. The molecular weight excluding hydrogens is 420 g/mol. The second-order valence-corrected chi connectivity index (χ2v) is 13.1. The zero-order valence-corrected chi connectivity index (χ0v) is 22.5. The monoisotopic (exact) mass is 472 g/mol. The normalized spacial score (nSPS) is 39.3. The van der Waals surface area contributed by atoms with Gasteiger partial charge in [0.05, 0.1) is 0 Å². The Kier molecular flexibility index (Phi) is 8.84. The number of esters is 1. The van der Waals surface area contributed by atoms with Gasteiger partial charge in [0.25, 0.3) is 0 Å². The third-order valence-corrected chi connectivity index (χ3v) is 11.2. The molecule has 4 saturated carbocycles. The lowest BCUT2D eigenvalue weighted by molar-refractivity contribution is -0.164. The molecule has 3 heteroatoms. The Morgan fingerprint density at radius 1 is 0.824 bits per heavy atom. The van der Waals surface area contributed by atoms with Crippen molar-refractivity contribution in [2.75, 3.05) is 0 Å². The molecule has 3 nitrogen and oxygen atoms in total. The predicted molar refractivity (Wildman–Crippen MR) is 138 cm³/mol. The number of carbonyl (C=O) groups is 2. The molecule has 0 aromatic carbocycles. The highest BCUT2D eigenvalue weighted by molar-refractivity contribution is 5.79. The first-order valence-corrected chi connectivity index (χ1v) is 15.1. The van der Waals surface area contributed by atoms with Crippen LogP contribution in [-0.4, -0.2) is 17.9 Å². The van der Waals surface area contributed by atoms with Crippen molar-refractivity contribution in [2.24, 2.45) is 34.5 Å². The highest BCUT2D eigenvalue weighted by atomic mass is 16.5. The molecule has 194 valence electrons. The van der Waals surface area contributed by atoms with E-state index in [0.29, 0.717) is 29.5 Å². The maximum absolute atomic E-state index is 12.7. The van der Waals surface area contributed by atoms with Crippen LogP contribution in [0.3, 0.4) is 0 Å². The fourth-order valence-electron chi connectivity index (χ4n) is 8.99. The van der Waals surface area contributed by atoms with Crippen LogP contribution in [0.2, 0.25) is 0 Å². The molecule has 34 heavy (non-hydrogen) atoms. The van der Waals surface area contributed by atoms with Gasteiger partial charge in [-0.3, -0.25) is 9.59 Å². The van der Waals surface area contributed by atoms with E-state index in [1.165, 1.54) is 83.5 Å². The quantitative estimate of drug-likeness (QED) is 0.224. The molecule has 4 fully saturated rings. The lowest BCUT2D eigenvalue weighted by Crippen LogP contribution is -2.54. The SMILES string of the molecule is CCCCCCCCCCCC(=O)O[C@H]1CCC2C3CC[C@H]4CC(=O)CC[C@]4(C)C3CC[C@@]21C. The summed E-state index contributed by atoms with van der Waals surface area (Å²) in [5.41, 5.74) is 0.534. The minimum atomic E-state index is 0.0541. The third kappa shape index (κ3) is 5.44. The lowest BCUT2D eigenvalue weighted by atomic mass is 9.45. The molecule has 0 aromatic rings. The molecule has 7 atom stereocenters. The zero-order valence-electron chi connectivity index (χ0n) is 22.5. The molecule has 0 bridgehead atoms. The van der Waals surface area contributed by atoms with Crippen LogP contribution >= 0.6 is 0 Å². The first-order chi connectivity index (χ1) is 16.4. The second kappa shape index (κ2) is 11.5. The molecule has 0 spiro atoms. The fourth-order valence-corrected chi connectivity index (χ4v) is 8.99. The average molecular weight is 473 g/mol. The van der Waals surface area contributed by atoms with Crippen molar-refractivity contribution in [1.29, 1.82) is 0 Å². The van der Waals surface area contributed by atoms with Gasteiger partial charge in [0, 0.05) is 24.7 Å². The van der Waals surface area contributed by atoms with Crippen molar-refractivity contribution in [2.45, 2.75) is 149 Å². The standard InChI is InChI=1S/C31H52O3/c1-4-5-6-7-8-9-10-11-12-13-29(33)34-28-17-16-26-25-15-14-23-22-24(32)18-20-30(23,2)27(25)19-21-31(26,28)3/h23,25-28H,4-22H2,1-3H3/t23-,25?,26?,27?,28-,30-,31-/m0/s1. The van der Waals surface area contributed by atoms with E-state index in [-0.39, 0.29) is 17.5 Å². The van der Waals surface area contributed by atoms with E-state index in [1.54, 1.807) is 0 Å². The Balaban J connectivity index is 1.22. The second-order valence-electron chi connectivity index (χ2n) is 13.1. The molecule has 4 aliphatic rings. The molecule has 0 amide bonds. The van der Waals surface area contributed by atoms with Crippen LogP contribution in [0.4, 0.5) is 0 Å². The Labute approximate surface area is 209 Å². The summed E-state index contributed by atoms with van der Waals surface area (Å²) in [5, 5.41) is 0. The fraction of sp³-hybridized carbons (Fsp3) is 0.935. The maximum Gasteiger partial charge on any atom is 0.306 e. The lowest BCUT2D eigenvalue weighted by Gasteiger charge is -2.60. The summed E-state index contributed by atoms with van der Waals surface area (Å²) >= 11 is 0. The highest BCUT2D eigenvalue weighted by Crippen LogP contribution is 2.66. The summed E-state index contributed by atoms with van der Waals surface area (Å²) in [6, 6.07) is 0. The highest BCUT2D eigenvalue weighted by Gasteiger charge is 2.61. The number of Topliss-reactive ketones (excluding diaryl/α,β-unsaturated/α-hetero) is 1. The van der Waals surface area contributed by atoms with Crippen LogP contribution in [0.15, 0.2) is 0 Å². The average Bonchev–Trinajstić information content (AvgIpc) is 3.14. The van der Waals surface area contributed by atoms with Crippen LogP contribution in [0.1, 0.15) is 143 Å². The smallest absolute Gasteiger partial charge is 0.306 e. The van der Waals surface area contributed by atoms with Crippen molar-refractivity contribution in [1.82, 2.24) is 0 Å². The zero-order chi connectivity index (χ0) is 24.2. The summed E-state index contributed by atoms with van der Waals surface area (Å²) in [6.07, 6.45) is 22.3. The Morgan fingerprint density at radius 2 is 1.50 bits per heavy atom. The van der Waals surface area contributed by atoms with Gasteiger partial charge in [0.15, 0.2) is 0 Å². The minimum Gasteiger partial charge on any atom is -0.462 e. The molecule has 0 aromatic heterocycles. The molecule has 0 N–H and O–H groups in total. The summed E-state index contributed by atoms with van der Waals surface area (Å²) in [7, 11) is 0. The molecule has 4 aliphatic carbocycles. The van der Waals surface area contributed by atoms with Gasteiger partial charge < -0.3 is 4.74 Å². The van der Waals surface area contributed by atoms with E-state index in [4.69, 9.17) is 4.74 Å². The summed E-state index contributed by atoms with van der Waals surface area (Å²) < 4.78 is 6.20. The van der Waals surface area contributed by atoms with Crippen molar-refractivity contribution >= 4 is 11.8 Å². The molecule has 0 saturated heterocycles. The number of rotatable bonds is 11. The first kappa shape index (κ1) is 26.2. The summed E-state index contributed by atoms with van der Waals surface area (Å²) in [5.74, 6) is 3.42. The number of unbranched alkanes of at least 4 members (excludes halogenated alkanes) is 8. The number of carbonyl (C=O) groups excluding carboxylic acids is 2. The molecule has 4 rings (SSSR count). The van der Waals surface area contributed by atoms with E-state index >= 15 is 0 Å². The van der Waals surface area contributed by atoms with Crippen LogP contribution in [0.5, 0.6) is 0 Å². The van der Waals surface area contributed by atoms with Gasteiger partial charge in [-0.15, -0.1) is 0 Å². The summed E-state index contributed by atoms with van der Waals surface area (Å²) in [6.45, 7) is 7.22. The number of hydrogen-bond acceptors (Lipinski definition) is 3. The molecule has 0 heterocycles. The van der Waals surface area contributed by atoms with Gasteiger partial charge in [-0.05, 0) is 80.5 Å². The third-order valence-electron chi connectivity index (χ3n) is 11.2. The summed E-state index contributed by atoms with van der Waals surface area (Å²) in [4.78, 5) is 24.8. The van der Waals surface area contributed by atoms with Crippen LogP contribution in [0, 0.1) is 34.5 Å². The Bertz CT molecular complexity index is 701. The van der Waals surface area contributed by atoms with Crippen LogP contribution in [-0.2, 0) is 14.3 Å². The van der Waals surface area contributed by atoms with Crippen molar-refractivity contribution in [3.8, 4) is 0 Å². The van der Waals surface area contributed by atoms with Gasteiger partial charge in [-0.25, -0.2) is 0 Å². The van der Waals surface area contributed by atoms with Gasteiger partial charge in [0.2, 0.25) is 0 Å². The molecule has 3 unspecified atom stereocenters. The molecule has 0 radical (unpaired) electrons. The van der Waals surface area contributed by atoms with E-state index in [2.05, 4.69) is 20.8 Å².